The highest BCUT2D eigenvalue weighted by Crippen LogP contribution is 2.38. The summed E-state index contributed by atoms with van der Waals surface area (Å²) in [5.41, 5.74) is 0.0953. The van der Waals surface area contributed by atoms with Gasteiger partial charge in [-0.2, -0.15) is 0 Å². The van der Waals surface area contributed by atoms with Crippen molar-refractivity contribution in [2.75, 3.05) is 19.9 Å². The fraction of sp³-hybridized carbons (Fsp3) is 0.550. The lowest BCUT2D eigenvalue weighted by molar-refractivity contribution is -0.127. The zero-order valence-corrected chi connectivity index (χ0v) is 17.8. The first-order valence-electron chi connectivity index (χ1n) is 9.92. The molecule has 2 fully saturated rings. The number of ether oxygens (including phenoxy) is 1. The number of imide groups is 1. The Balaban J connectivity index is 1.58. The highest BCUT2D eigenvalue weighted by atomic mass is 32.2. The number of benzene rings is 1. The largest absolute Gasteiger partial charge is 0.497 e. The predicted molar refractivity (Wildman–Crippen MR) is 108 cm³/mol. The van der Waals surface area contributed by atoms with E-state index in [-0.39, 0.29) is 18.4 Å². The van der Waals surface area contributed by atoms with Crippen molar-refractivity contribution in [3.8, 4) is 5.75 Å². The average Bonchev–Trinajstić information content (AvgIpc) is 3.17. The first kappa shape index (κ1) is 20.6. The molecule has 4 rings (SSSR count). The van der Waals surface area contributed by atoms with Gasteiger partial charge < -0.3 is 15.0 Å². The number of nitrogens with one attached hydrogen (secondary N) is 2. The van der Waals surface area contributed by atoms with E-state index in [1.54, 1.807) is 17.0 Å². The van der Waals surface area contributed by atoms with Crippen LogP contribution in [0.15, 0.2) is 18.2 Å². The Hall–Kier alpha value is -2.62. The summed E-state index contributed by atoms with van der Waals surface area (Å²) in [6, 6.07) is 4.69. The van der Waals surface area contributed by atoms with Crippen LogP contribution >= 0.6 is 0 Å². The number of urea groups is 1. The van der Waals surface area contributed by atoms with Gasteiger partial charge in [-0.3, -0.25) is 14.9 Å². The van der Waals surface area contributed by atoms with Gasteiger partial charge in [0.15, 0.2) is 0 Å². The highest BCUT2D eigenvalue weighted by molar-refractivity contribution is 7.91. The SMILES string of the molecule is COc1ccc2c(c1)C(=O)N(CC1(C3CCC(S(C)(=O)=O)CC3)NC(=O)NC1=O)C2. The molecule has 0 spiro atoms. The Morgan fingerprint density at radius 3 is 2.43 bits per heavy atom. The van der Waals surface area contributed by atoms with E-state index >= 15 is 0 Å². The molecule has 2 N–H and O–H groups in total. The van der Waals surface area contributed by atoms with Crippen molar-refractivity contribution < 1.29 is 27.5 Å². The summed E-state index contributed by atoms with van der Waals surface area (Å²) in [4.78, 5) is 39.5. The van der Waals surface area contributed by atoms with Gasteiger partial charge in [0.05, 0.1) is 18.9 Å². The summed E-state index contributed by atoms with van der Waals surface area (Å²) >= 11 is 0. The number of fused-ring (bicyclic) bond motifs is 1. The molecule has 1 aliphatic carbocycles. The van der Waals surface area contributed by atoms with Crippen molar-refractivity contribution in [2.24, 2.45) is 5.92 Å². The molecule has 2 heterocycles. The predicted octanol–water partition coefficient (Wildman–Crippen LogP) is 0.833. The van der Waals surface area contributed by atoms with E-state index in [0.717, 1.165) is 5.56 Å². The van der Waals surface area contributed by atoms with E-state index in [1.165, 1.54) is 13.4 Å². The van der Waals surface area contributed by atoms with Crippen LogP contribution < -0.4 is 15.4 Å². The zero-order valence-electron chi connectivity index (χ0n) is 16.9. The van der Waals surface area contributed by atoms with Gasteiger partial charge in [0.1, 0.15) is 21.1 Å². The third-order valence-electron chi connectivity index (χ3n) is 6.58. The normalized spacial score (nSPS) is 28.9. The van der Waals surface area contributed by atoms with Crippen molar-refractivity contribution in [1.82, 2.24) is 15.5 Å². The van der Waals surface area contributed by atoms with E-state index in [4.69, 9.17) is 4.74 Å². The van der Waals surface area contributed by atoms with Gasteiger partial charge >= 0.3 is 6.03 Å². The summed E-state index contributed by atoms with van der Waals surface area (Å²) in [5, 5.41) is 4.64. The van der Waals surface area contributed by atoms with Crippen LogP contribution in [0.5, 0.6) is 5.75 Å². The maximum Gasteiger partial charge on any atom is 0.322 e. The second kappa shape index (κ2) is 7.26. The van der Waals surface area contributed by atoms with Crippen LogP contribution in [0.25, 0.3) is 0 Å². The van der Waals surface area contributed by atoms with Gasteiger partial charge in [-0.25, -0.2) is 13.2 Å². The number of nitrogens with zero attached hydrogens (tertiary/aromatic N) is 1. The molecular formula is C20H25N3O6S. The van der Waals surface area contributed by atoms with Crippen molar-refractivity contribution in [3.05, 3.63) is 29.3 Å². The van der Waals surface area contributed by atoms with Gasteiger partial charge in [0.2, 0.25) is 0 Å². The lowest BCUT2D eigenvalue weighted by Crippen LogP contribution is -2.61. The number of carbonyl (C=O) groups is 3. The molecule has 10 heteroatoms. The van der Waals surface area contributed by atoms with Crippen molar-refractivity contribution in [3.63, 3.8) is 0 Å². The molecule has 1 saturated heterocycles. The molecule has 3 aliphatic rings. The number of carbonyl (C=O) groups excluding carboxylic acids is 3. The van der Waals surface area contributed by atoms with Gasteiger partial charge in [-0.1, -0.05) is 6.07 Å². The minimum absolute atomic E-state index is 0.0363. The van der Waals surface area contributed by atoms with Gasteiger partial charge in [0, 0.05) is 18.4 Å². The third-order valence-corrected chi connectivity index (χ3v) is 8.26. The van der Waals surface area contributed by atoms with Gasteiger partial charge in [-0.05, 0) is 49.3 Å². The lowest BCUT2D eigenvalue weighted by Gasteiger charge is -2.40. The summed E-state index contributed by atoms with van der Waals surface area (Å²) in [5.74, 6) is -0.364. The van der Waals surface area contributed by atoms with E-state index in [1.807, 2.05) is 6.07 Å². The Bertz CT molecular complexity index is 1020. The summed E-state index contributed by atoms with van der Waals surface area (Å²) < 4.78 is 29.0. The molecule has 162 valence electrons. The Labute approximate surface area is 175 Å². The molecule has 0 aromatic heterocycles. The molecule has 1 aromatic rings. The lowest BCUT2D eigenvalue weighted by atomic mass is 9.74. The second-order valence-corrected chi connectivity index (χ2v) is 10.7. The van der Waals surface area contributed by atoms with E-state index in [2.05, 4.69) is 10.6 Å². The fourth-order valence-corrected chi connectivity index (χ4v) is 6.04. The monoisotopic (exact) mass is 435 g/mol. The Morgan fingerprint density at radius 1 is 1.17 bits per heavy atom. The maximum absolute atomic E-state index is 13.0. The summed E-state index contributed by atoms with van der Waals surface area (Å²) in [6.07, 6.45) is 3.05. The Kier molecular flexibility index (Phi) is 5.00. The molecule has 1 saturated carbocycles. The molecule has 9 nitrogen and oxygen atoms in total. The second-order valence-electron chi connectivity index (χ2n) is 8.37. The average molecular weight is 436 g/mol. The summed E-state index contributed by atoms with van der Waals surface area (Å²) in [7, 11) is -1.63. The number of amides is 4. The zero-order chi connectivity index (χ0) is 21.7. The minimum Gasteiger partial charge on any atom is -0.497 e. The molecule has 1 unspecified atom stereocenters. The number of rotatable bonds is 5. The van der Waals surface area contributed by atoms with Crippen LogP contribution in [0.2, 0.25) is 0 Å². The van der Waals surface area contributed by atoms with E-state index < -0.39 is 32.6 Å². The first-order valence-corrected chi connectivity index (χ1v) is 11.9. The number of methoxy groups -OCH3 is 1. The fourth-order valence-electron chi connectivity index (χ4n) is 4.91. The van der Waals surface area contributed by atoms with Crippen LogP contribution in [0.4, 0.5) is 4.79 Å². The van der Waals surface area contributed by atoms with Gasteiger partial charge in [0.25, 0.3) is 11.8 Å². The smallest absolute Gasteiger partial charge is 0.322 e. The van der Waals surface area contributed by atoms with Crippen LogP contribution in [-0.4, -0.2) is 61.9 Å². The molecular weight excluding hydrogens is 410 g/mol. The Morgan fingerprint density at radius 2 is 1.87 bits per heavy atom. The van der Waals surface area contributed by atoms with Crippen molar-refractivity contribution in [2.45, 2.75) is 43.0 Å². The van der Waals surface area contributed by atoms with Crippen molar-refractivity contribution in [1.29, 1.82) is 0 Å². The van der Waals surface area contributed by atoms with E-state index in [9.17, 15) is 22.8 Å². The highest BCUT2D eigenvalue weighted by Gasteiger charge is 2.54. The molecule has 0 radical (unpaired) electrons. The number of hydrogen-bond donors (Lipinski definition) is 2. The molecule has 4 amide bonds. The molecule has 1 aromatic carbocycles. The van der Waals surface area contributed by atoms with Crippen LogP contribution in [-0.2, 0) is 21.2 Å². The molecule has 0 bridgehead atoms. The molecule has 1 atom stereocenters. The number of hydrogen-bond acceptors (Lipinski definition) is 6. The van der Waals surface area contributed by atoms with E-state index in [0.29, 0.717) is 43.5 Å². The molecule has 30 heavy (non-hydrogen) atoms. The topological polar surface area (TPSA) is 122 Å². The van der Waals surface area contributed by atoms with Crippen LogP contribution in [0.3, 0.4) is 0 Å². The van der Waals surface area contributed by atoms with Crippen molar-refractivity contribution >= 4 is 27.7 Å². The first-order chi connectivity index (χ1) is 14.1. The standard InChI is InChI=1S/C20H25N3O6S/c1-29-14-6-3-12-10-23(17(24)16(12)9-14)11-20(18(25)21-19(26)22-20)13-4-7-15(8-5-13)30(2,27)28/h3,6,9,13,15H,4-5,7-8,10-11H2,1-2H3,(H2,21,22,25,26). The quantitative estimate of drug-likeness (QED) is 0.661. The third kappa shape index (κ3) is 3.42. The van der Waals surface area contributed by atoms with Crippen LogP contribution in [0.1, 0.15) is 41.6 Å². The molecule has 2 aliphatic heterocycles. The van der Waals surface area contributed by atoms with Gasteiger partial charge in [-0.15, -0.1) is 0 Å². The number of sulfone groups is 1. The summed E-state index contributed by atoms with van der Waals surface area (Å²) in [6.45, 7) is 0.371. The maximum atomic E-state index is 13.0. The van der Waals surface area contributed by atoms with Crippen LogP contribution in [0, 0.1) is 5.92 Å². The minimum atomic E-state index is -3.16.